The van der Waals surface area contributed by atoms with Crippen LogP contribution in [0.5, 0.6) is 0 Å². The molecule has 5 nitrogen and oxygen atoms in total. The van der Waals surface area contributed by atoms with Crippen LogP contribution in [-0.2, 0) is 22.4 Å². The van der Waals surface area contributed by atoms with Crippen molar-refractivity contribution in [3.05, 3.63) is 59.2 Å². The van der Waals surface area contributed by atoms with E-state index in [4.69, 9.17) is 0 Å². The molecule has 2 N–H and O–H groups in total. The Bertz CT molecular complexity index is 918. The van der Waals surface area contributed by atoms with Gasteiger partial charge in [-0.2, -0.15) is 0 Å². The molecule has 0 aromatic heterocycles. The van der Waals surface area contributed by atoms with E-state index in [9.17, 15) is 14.4 Å². The van der Waals surface area contributed by atoms with Crippen LogP contribution in [0.4, 0.5) is 11.4 Å². The SMILES string of the molecule is CC(C)C(=O)Nc1cccc(NC(=O)CCC(=O)c2ccc3c(c2)CCCC3)c1. The first-order valence-corrected chi connectivity index (χ1v) is 10.3. The molecule has 5 heteroatoms. The van der Waals surface area contributed by atoms with Gasteiger partial charge in [0.25, 0.3) is 0 Å². The number of aryl methyl sites for hydroxylation is 2. The zero-order chi connectivity index (χ0) is 20.8. The minimum absolute atomic E-state index is 0.00790. The lowest BCUT2D eigenvalue weighted by Gasteiger charge is -2.16. The van der Waals surface area contributed by atoms with Gasteiger partial charge in [0.15, 0.2) is 5.78 Å². The van der Waals surface area contributed by atoms with E-state index in [0.717, 1.165) is 12.8 Å². The van der Waals surface area contributed by atoms with Crippen LogP contribution in [0.25, 0.3) is 0 Å². The zero-order valence-electron chi connectivity index (χ0n) is 17.1. The molecule has 0 atom stereocenters. The molecule has 3 rings (SSSR count). The minimum Gasteiger partial charge on any atom is -0.326 e. The van der Waals surface area contributed by atoms with E-state index >= 15 is 0 Å². The number of carbonyl (C=O) groups excluding carboxylic acids is 3. The van der Waals surface area contributed by atoms with Gasteiger partial charge in [-0.1, -0.05) is 32.0 Å². The number of rotatable bonds is 7. The molecule has 1 aliphatic carbocycles. The van der Waals surface area contributed by atoms with E-state index in [1.54, 1.807) is 24.3 Å². The van der Waals surface area contributed by atoms with E-state index in [1.807, 2.05) is 26.0 Å². The topological polar surface area (TPSA) is 75.3 Å². The summed E-state index contributed by atoms with van der Waals surface area (Å²) in [4.78, 5) is 36.6. The van der Waals surface area contributed by atoms with Crippen molar-refractivity contribution < 1.29 is 14.4 Å². The van der Waals surface area contributed by atoms with Crippen molar-refractivity contribution in [2.24, 2.45) is 5.92 Å². The maximum atomic E-state index is 12.5. The first-order valence-electron chi connectivity index (χ1n) is 10.3. The molecule has 0 unspecified atom stereocenters. The lowest BCUT2D eigenvalue weighted by molar-refractivity contribution is -0.119. The number of nitrogens with one attached hydrogen (secondary N) is 2. The van der Waals surface area contributed by atoms with Crippen molar-refractivity contribution >= 4 is 29.0 Å². The number of Topliss-reactive ketones (excluding diaryl/α,β-unsaturated/α-hetero) is 1. The Balaban J connectivity index is 1.53. The predicted molar refractivity (Wildman–Crippen MR) is 115 cm³/mol. The highest BCUT2D eigenvalue weighted by molar-refractivity contribution is 6.00. The second-order valence-electron chi connectivity index (χ2n) is 7.89. The first kappa shape index (κ1) is 20.8. The standard InChI is InChI=1S/C24H28N2O3/c1-16(2)24(29)26-21-9-5-8-20(15-21)25-23(28)13-12-22(27)19-11-10-17-6-3-4-7-18(17)14-19/h5,8-11,14-16H,3-4,6-7,12-13H2,1-2H3,(H,25,28)(H,26,29). The molecule has 1 aliphatic rings. The Morgan fingerprint density at radius 2 is 1.55 bits per heavy atom. The van der Waals surface area contributed by atoms with Gasteiger partial charge in [-0.05, 0) is 61.1 Å². The largest absolute Gasteiger partial charge is 0.326 e. The van der Waals surface area contributed by atoms with Crippen LogP contribution in [0.3, 0.4) is 0 Å². The van der Waals surface area contributed by atoms with Crippen LogP contribution in [-0.4, -0.2) is 17.6 Å². The highest BCUT2D eigenvalue weighted by Gasteiger charge is 2.14. The third-order valence-corrected chi connectivity index (χ3v) is 5.19. The molecule has 0 radical (unpaired) electrons. The maximum absolute atomic E-state index is 12.5. The Kier molecular flexibility index (Phi) is 6.81. The molecule has 0 bridgehead atoms. The number of anilines is 2. The lowest BCUT2D eigenvalue weighted by Crippen LogP contribution is -2.18. The third-order valence-electron chi connectivity index (χ3n) is 5.19. The molecule has 29 heavy (non-hydrogen) atoms. The fraction of sp³-hybridized carbons (Fsp3) is 0.375. The molecule has 0 heterocycles. The number of fused-ring (bicyclic) bond motifs is 1. The second kappa shape index (κ2) is 9.50. The van der Waals surface area contributed by atoms with Crippen LogP contribution in [0.1, 0.15) is 61.0 Å². The van der Waals surface area contributed by atoms with Crippen molar-refractivity contribution in [1.82, 2.24) is 0 Å². The van der Waals surface area contributed by atoms with E-state index in [1.165, 1.54) is 24.0 Å². The van der Waals surface area contributed by atoms with Crippen LogP contribution in [0.2, 0.25) is 0 Å². The van der Waals surface area contributed by atoms with Gasteiger partial charge in [-0.15, -0.1) is 0 Å². The summed E-state index contributed by atoms with van der Waals surface area (Å²) in [6.07, 6.45) is 4.79. The smallest absolute Gasteiger partial charge is 0.226 e. The fourth-order valence-electron chi connectivity index (χ4n) is 3.46. The van der Waals surface area contributed by atoms with Crippen LogP contribution >= 0.6 is 0 Å². The molecule has 0 fully saturated rings. The molecule has 2 amide bonds. The lowest BCUT2D eigenvalue weighted by atomic mass is 9.89. The van der Waals surface area contributed by atoms with Gasteiger partial charge in [0.1, 0.15) is 0 Å². The summed E-state index contributed by atoms with van der Waals surface area (Å²) in [5.41, 5.74) is 4.53. The van der Waals surface area contributed by atoms with Crippen LogP contribution < -0.4 is 10.6 Å². The van der Waals surface area contributed by atoms with Gasteiger partial charge in [0.05, 0.1) is 0 Å². The van der Waals surface area contributed by atoms with Gasteiger partial charge >= 0.3 is 0 Å². The minimum atomic E-state index is -0.219. The summed E-state index contributed by atoms with van der Waals surface area (Å²) < 4.78 is 0. The maximum Gasteiger partial charge on any atom is 0.226 e. The van der Waals surface area contributed by atoms with Crippen molar-refractivity contribution in [2.45, 2.75) is 52.4 Å². The van der Waals surface area contributed by atoms with E-state index < -0.39 is 0 Å². The van der Waals surface area contributed by atoms with Crippen molar-refractivity contribution in [3.8, 4) is 0 Å². The summed E-state index contributed by atoms with van der Waals surface area (Å²) in [5.74, 6) is -0.429. The fourth-order valence-corrected chi connectivity index (χ4v) is 3.46. The normalized spacial score (nSPS) is 12.9. The molecule has 152 valence electrons. The summed E-state index contributed by atoms with van der Waals surface area (Å²) in [5, 5.41) is 5.61. The summed E-state index contributed by atoms with van der Waals surface area (Å²) in [7, 11) is 0. The Hall–Kier alpha value is -2.95. The Morgan fingerprint density at radius 3 is 2.28 bits per heavy atom. The van der Waals surface area contributed by atoms with Crippen molar-refractivity contribution in [2.75, 3.05) is 10.6 Å². The molecule has 0 spiro atoms. The average molecular weight is 392 g/mol. The summed E-state index contributed by atoms with van der Waals surface area (Å²) in [6, 6.07) is 12.9. The molecular weight excluding hydrogens is 364 g/mol. The third kappa shape index (κ3) is 5.76. The first-order chi connectivity index (χ1) is 13.9. The van der Waals surface area contributed by atoms with Gasteiger partial charge in [0, 0.05) is 35.7 Å². The van der Waals surface area contributed by atoms with Gasteiger partial charge in [-0.3, -0.25) is 14.4 Å². The van der Waals surface area contributed by atoms with E-state index in [0.29, 0.717) is 16.9 Å². The van der Waals surface area contributed by atoms with Gasteiger partial charge in [0.2, 0.25) is 11.8 Å². The molecule has 0 saturated heterocycles. The van der Waals surface area contributed by atoms with Crippen molar-refractivity contribution in [3.63, 3.8) is 0 Å². The number of hydrogen-bond donors (Lipinski definition) is 2. The monoisotopic (exact) mass is 392 g/mol. The Morgan fingerprint density at radius 1 is 0.862 bits per heavy atom. The van der Waals surface area contributed by atoms with Crippen LogP contribution in [0.15, 0.2) is 42.5 Å². The summed E-state index contributed by atoms with van der Waals surface area (Å²) in [6.45, 7) is 3.64. The summed E-state index contributed by atoms with van der Waals surface area (Å²) >= 11 is 0. The second-order valence-corrected chi connectivity index (χ2v) is 7.89. The predicted octanol–water partition coefficient (Wildman–Crippen LogP) is 4.76. The quantitative estimate of drug-likeness (QED) is 0.667. The van der Waals surface area contributed by atoms with Gasteiger partial charge in [-0.25, -0.2) is 0 Å². The van der Waals surface area contributed by atoms with E-state index in [-0.39, 0.29) is 36.4 Å². The Labute approximate surface area is 171 Å². The molecule has 0 aliphatic heterocycles. The highest BCUT2D eigenvalue weighted by Crippen LogP contribution is 2.23. The van der Waals surface area contributed by atoms with Gasteiger partial charge < -0.3 is 10.6 Å². The highest BCUT2D eigenvalue weighted by atomic mass is 16.2. The number of hydrogen-bond acceptors (Lipinski definition) is 3. The number of amides is 2. The average Bonchev–Trinajstić information content (AvgIpc) is 2.71. The molecular formula is C24H28N2O3. The van der Waals surface area contributed by atoms with Crippen molar-refractivity contribution in [1.29, 1.82) is 0 Å². The zero-order valence-corrected chi connectivity index (χ0v) is 17.1. The number of benzene rings is 2. The van der Waals surface area contributed by atoms with E-state index in [2.05, 4.69) is 16.7 Å². The van der Waals surface area contributed by atoms with Crippen LogP contribution in [0, 0.1) is 5.92 Å². The number of ketones is 1. The molecule has 2 aromatic rings. The molecule has 2 aromatic carbocycles. The molecule has 0 saturated carbocycles. The number of carbonyl (C=O) groups is 3.